The van der Waals surface area contributed by atoms with Crippen LogP contribution < -0.4 is 5.46 Å². The lowest BCUT2D eigenvalue weighted by Crippen LogP contribution is -2.41. The van der Waals surface area contributed by atoms with Crippen LogP contribution in [0.25, 0.3) is 0 Å². The molecule has 1 atom stereocenters. The predicted molar refractivity (Wildman–Crippen MR) is 107 cm³/mol. The normalized spacial score (nSPS) is 23.9. The van der Waals surface area contributed by atoms with Crippen LogP contribution in [0.2, 0.25) is 0 Å². The lowest BCUT2D eigenvalue weighted by Gasteiger charge is -2.32. The number of hydrogen-bond donors (Lipinski definition) is 0. The van der Waals surface area contributed by atoms with Gasteiger partial charge in [-0.2, -0.15) is 0 Å². The lowest BCUT2D eigenvalue weighted by atomic mass is 9.77. The summed E-state index contributed by atoms with van der Waals surface area (Å²) in [6.45, 7) is 14.5. The summed E-state index contributed by atoms with van der Waals surface area (Å²) in [7, 11) is -0.721. The number of rotatable bonds is 2. The first-order chi connectivity index (χ1) is 12.8. The average Bonchev–Trinajstić information content (AvgIpc) is 3.09. The molecule has 2 saturated heterocycles. The van der Waals surface area contributed by atoms with Gasteiger partial charge in [-0.3, -0.25) is 0 Å². The third-order valence-corrected chi connectivity index (χ3v) is 5.84. The van der Waals surface area contributed by atoms with Crippen LogP contribution in [0.1, 0.15) is 66.4 Å². The van der Waals surface area contributed by atoms with E-state index in [1.165, 1.54) is 0 Å². The molecule has 28 heavy (non-hydrogen) atoms. The minimum absolute atomic E-state index is 0.0920. The zero-order valence-corrected chi connectivity index (χ0v) is 18.0. The Labute approximate surface area is 167 Å². The molecule has 0 bridgehead atoms. The summed E-state index contributed by atoms with van der Waals surface area (Å²) in [5.74, 6) is -0.249. The van der Waals surface area contributed by atoms with E-state index in [4.69, 9.17) is 14.0 Å². The quantitative estimate of drug-likeness (QED) is 0.719. The van der Waals surface area contributed by atoms with Crippen LogP contribution in [-0.2, 0) is 14.0 Å². The van der Waals surface area contributed by atoms with Crippen LogP contribution in [0.5, 0.6) is 0 Å². The second-order valence-corrected chi connectivity index (χ2v) is 9.78. The van der Waals surface area contributed by atoms with Gasteiger partial charge in [0.2, 0.25) is 0 Å². The van der Waals surface area contributed by atoms with Crippen molar-refractivity contribution in [2.24, 2.45) is 0 Å². The number of amides is 1. The van der Waals surface area contributed by atoms with Crippen LogP contribution in [0, 0.1) is 5.82 Å². The van der Waals surface area contributed by atoms with Gasteiger partial charge in [-0.05, 0) is 66.5 Å². The molecule has 0 radical (unpaired) electrons. The van der Waals surface area contributed by atoms with Crippen molar-refractivity contribution in [3.63, 3.8) is 0 Å². The molecule has 7 heteroatoms. The van der Waals surface area contributed by atoms with Crippen LogP contribution in [0.15, 0.2) is 18.2 Å². The van der Waals surface area contributed by atoms with E-state index in [0.29, 0.717) is 18.6 Å². The molecule has 154 valence electrons. The summed E-state index contributed by atoms with van der Waals surface area (Å²) in [6.07, 6.45) is 0.471. The van der Waals surface area contributed by atoms with Gasteiger partial charge in [0.15, 0.2) is 0 Å². The first kappa shape index (κ1) is 21.1. The van der Waals surface area contributed by atoms with Crippen LogP contribution in [-0.4, -0.2) is 48.0 Å². The number of benzene rings is 1. The van der Waals surface area contributed by atoms with Gasteiger partial charge in [0.1, 0.15) is 11.4 Å². The molecular weight excluding hydrogens is 360 g/mol. The third kappa shape index (κ3) is 4.20. The van der Waals surface area contributed by atoms with Crippen LogP contribution >= 0.6 is 0 Å². The zero-order valence-electron chi connectivity index (χ0n) is 18.0. The van der Waals surface area contributed by atoms with Crippen molar-refractivity contribution < 1.29 is 23.2 Å². The third-order valence-electron chi connectivity index (χ3n) is 5.84. The van der Waals surface area contributed by atoms with Crippen molar-refractivity contribution in [2.45, 2.75) is 77.6 Å². The molecule has 2 aliphatic rings. The first-order valence-electron chi connectivity index (χ1n) is 9.92. The van der Waals surface area contributed by atoms with Gasteiger partial charge in [-0.25, -0.2) is 9.18 Å². The van der Waals surface area contributed by atoms with Crippen molar-refractivity contribution in [3.05, 3.63) is 29.6 Å². The topological polar surface area (TPSA) is 48.0 Å². The highest BCUT2D eigenvalue weighted by atomic mass is 19.1. The highest BCUT2D eigenvalue weighted by Crippen LogP contribution is 2.37. The maximum Gasteiger partial charge on any atom is 0.497 e. The van der Waals surface area contributed by atoms with E-state index in [0.717, 1.165) is 12.0 Å². The molecule has 2 fully saturated rings. The number of halogens is 1. The number of carbonyl (C=O) groups is 1. The first-order valence-corrected chi connectivity index (χ1v) is 9.92. The molecule has 1 unspecified atom stereocenters. The maximum absolute atomic E-state index is 14.9. The molecule has 5 nitrogen and oxygen atoms in total. The van der Waals surface area contributed by atoms with Gasteiger partial charge < -0.3 is 18.9 Å². The molecule has 0 aromatic heterocycles. The molecule has 0 spiro atoms. The second-order valence-electron chi connectivity index (χ2n) is 9.78. The molecule has 1 amide bonds. The van der Waals surface area contributed by atoms with Gasteiger partial charge >= 0.3 is 13.2 Å². The minimum Gasteiger partial charge on any atom is -0.444 e. The highest BCUT2D eigenvalue weighted by Gasteiger charge is 2.52. The Hall–Kier alpha value is -1.60. The molecule has 2 heterocycles. The van der Waals surface area contributed by atoms with Crippen molar-refractivity contribution >= 4 is 18.7 Å². The van der Waals surface area contributed by atoms with Crippen molar-refractivity contribution in [3.8, 4) is 0 Å². The van der Waals surface area contributed by atoms with E-state index in [1.807, 2.05) is 54.5 Å². The number of ether oxygens (including phenoxy) is 1. The summed E-state index contributed by atoms with van der Waals surface area (Å²) in [5, 5.41) is 0. The van der Waals surface area contributed by atoms with Gasteiger partial charge in [0.05, 0.1) is 11.2 Å². The number of nitrogens with zero attached hydrogens (tertiary/aromatic N) is 1. The molecular formula is C21H31BFNO4. The fraction of sp³-hybridized carbons (Fsp3) is 0.667. The van der Waals surface area contributed by atoms with Crippen LogP contribution in [0.3, 0.4) is 0 Å². The number of carbonyl (C=O) groups excluding carboxylic acids is 1. The summed E-state index contributed by atoms with van der Waals surface area (Å²) in [6, 6.07) is 5.19. The van der Waals surface area contributed by atoms with Gasteiger partial charge in [-0.15, -0.1) is 0 Å². The fourth-order valence-electron chi connectivity index (χ4n) is 3.48. The summed E-state index contributed by atoms with van der Waals surface area (Å²) < 4.78 is 32.2. The Morgan fingerprint density at radius 3 is 2.36 bits per heavy atom. The summed E-state index contributed by atoms with van der Waals surface area (Å²) in [4.78, 5) is 13.9. The van der Waals surface area contributed by atoms with Crippen LogP contribution in [0.4, 0.5) is 9.18 Å². The predicted octanol–water partition coefficient (Wildman–Crippen LogP) is 3.85. The molecule has 0 saturated carbocycles. The number of likely N-dealkylation sites (tertiary alicyclic amines) is 1. The maximum atomic E-state index is 14.9. The van der Waals surface area contributed by atoms with E-state index >= 15 is 0 Å². The van der Waals surface area contributed by atoms with E-state index < -0.39 is 23.9 Å². The van der Waals surface area contributed by atoms with Crippen molar-refractivity contribution in [1.82, 2.24) is 4.90 Å². The molecule has 1 aromatic carbocycles. The van der Waals surface area contributed by atoms with E-state index in [2.05, 4.69) is 0 Å². The lowest BCUT2D eigenvalue weighted by molar-refractivity contribution is 0.00578. The summed E-state index contributed by atoms with van der Waals surface area (Å²) in [5.41, 5.74) is -0.260. The minimum atomic E-state index is -0.721. The Morgan fingerprint density at radius 2 is 1.82 bits per heavy atom. The summed E-state index contributed by atoms with van der Waals surface area (Å²) >= 11 is 0. The van der Waals surface area contributed by atoms with Crippen molar-refractivity contribution in [1.29, 1.82) is 0 Å². The van der Waals surface area contributed by atoms with Gasteiger partial charge in [0, 0.05) is 24.5 Å². The standard InChI is InChI=1S/C21H31BFNO4/c1-19(2,3)26-18(25)24-11-10-15(13-24)14-8-9-16(17(23)12-14)22-27-20(4,5)21(6,7)28-22/h8-9,12,15H,10-11,13H2,1-7H3. The Bertz CT molecular complexity index is 743. The molecule has 3 rings (SSSR count). The van der Waals surface area contributed by atoms with E-state index in [-0.39, 0.29) is 17.8 Å². The van der Waals surface area contributed by atoms with Crippen molar-refractivity contribution in [2.75, 3.05) is 13.1 Å². The fourth-order valence-corrected chi connectivity index (χ4v) is 3.48. The Balaban J connectivity index is 1.70. The highest BCUT2D eigenvalue weighted by molar-refractivity contribution is 6.62. The second kappa shape index (κ2) is 7.03. The Kier molecular flexibility index (Phi) is 5.30. The smallest absolute Gasteiger partial charge is 0.444 e. The Morgan fingerprint density at radius 1 is 1.21 bits per heavy atom. The zero-order chi connectivity index (χ0) is 20.9. The van der Waals surface area contributed by atoms with Gasteiger partial charge in [0.25, 0.3) is 0 Å². The monoisotopic (exact) mass is 391 g/mol. The molecule has 1 aromatic rings. The molecule has 2 aliphatic heterocycles. The van der Waals surface area contributed by atoms with E-state index in [1.54, 1.807) is 17.0 Å². The number of hydrogen-bond acceptors (Lipinski definition) is 4. The molecule has 0 aliphatic carbocycles. The molecule has 0 N–H and O–H groups in total. The van der Waals surface area contributed by atoms with Gasteiger partial charge in [-0.1, -0.05) is 12.1 Å². The average molecular weight is 391 g/mol. The SMILES string of the molecule is CC(C)(C)OC(=O)N1CCC(c2ccc(B3OC(C)(C)C(C)(C)O3)c(F)c2)C1. The van der Waals surface area contributed by atoms with E-state index in [9.17, 15) is 9.18 Å². The largest absolute Gasteiger partial charge is 0.497 e.